The van der Waals surface area contributed by atoms with E-state index in [1.54, 1.807) is 12.1 Å². The van der Waals surface area contributed by atoms with Gasteiger partial charge in [0, 0.05) is 44.0 Å². The van der Waals surface area contributed by atoms with Crippen LogP contribution in [-0.2, 0) is 17.9 Å². The molecule has 1 N–H and O–H groups in total. The van der Waals surface area contributed by atoms with Crippen molar-refractivity contribution in [1.29, 1.82) is 0 Å². The van der Waals surface area contributed by atoms with E-state index in [-0.39, 0.29) is 18.4 Å². The number of nitrogens with zero attached hydrogens (tertiary/aromatic N) is 5. The summed E-state index contributed by atoms with van der Waals surface area (Å²) in [4.78, 5) is 29.5. The minimum Gasteiger partial charge on any atom is -0.368 e. The van der Waals surface area contributed by atoms with Crippen LogP contribution in [0.4, 0.5) is 5.69 Å². The molecule has 0 bridgehead atoms. The number of amides is 2. The van der Waals surface area contributed by atoms with Crippen molar-refractivity contribution in [2.24, 2.45) is 0 Å². The highest BCUT2D eigenvalue weighted by molar-refractivity contribution is 7.99. The number of halogens is 2. The van der Waals surface area contributed by atoms with Crippen LogP contribution in [-0.4, -0.2) is 63.4 Å². The molecule has 1 aliphatic rings. The van der Waals surface area contributed by atoms with Gasteiger partial charge < -0.3 is 19.7 Å². The van der Waals surface area contributed by atoms with E-state index in [4.69, 9.17) is 23.2 Å². The zero-order chi connectivity index (χ0) is 24.8. The fraction of sp³-hybridized carbons (Fsp3) is 0.333. The molecule has 2 heterocycles. The highest BCUT2D eigenvalue weighted by atomic mass is 35.5. The summed E-state index contributed by atoms with van der Waals surface area (Å²) in [7, 11) is 0. The van der Waals surface area contributed by atoms with Crippen LogP contribution in [0.5, 0.6) is 0 Å². The molecule has 1 saturated heterocycles. The molecule has 3 aromatic rings. The number of benzene rings is 2. The van der Waals surface area contributed by atoms with Gasteiger partial charge in [-0.2, -0.15) is 0 Å². The third-order valence-electron chi connectivity index (χ3n) is 5.78. The number of para-hydroxylation sites is 1. The van der Waals surface area contributed by atoms with Crippen molar-refractivity contribution in [2.45, 2.75) is 25.2 Å². The average molecular weight is 533 g/mol. The van der Waals surface area contributed by atoms with Gasteiger partial charge in [-0.25, -0.2) is 0 Å². The first-order chi connectivity index (χ1) is 17.0. The van der Waals surface area contributed by atoms with Gasteiger partial charge in [0.15, 0.2) is 11.0 Å². The first-order valence-electron chi connectivity index (χ1n) is 11.3. The summed E-state index contributed by atoms with van der Waals surface area (Å²) in [5.74, 6) is 0.711. The number of piperazine rings is 1. The second-order valence-corrected chi connectivity index (χ2v) is 9.70. The predicted molar refractivity (Wildman–Crippen MR) is 139 cm³/mol. The zero-order valence-corrected chi connectivity index (χ0v) is 21.6. The van der Waals surface area contributed by atoms with Gasteiger partial charge in [-0.3, -0.25) is 9.59 Å². The van der Waals surface area contributed by atoms with Crippen molar-refractivity contribution < 1.29 is 9.59 Å². The molecule has 2 aromatic carbocycles. The molecule has 8 nitrogen and oxygen atoms in total. The number of carbonyl (C=O) groups is 2. The maximum Gasteiger partial charge on any atom is 0.251 e. The fourth-order valence-electron chi connectivity index (χ4n) is 3.84. The first kappa shape index (κ1) is 25.3. The van der Waals surface area contributed by atoms with Crippen LogP contribution in [0.15, 0.2) is 53.7 Å². The number of thioether (sulfide) groups is 1. The lowest BCUT2D eigenvalue weighted by atomic mass is 10.2. The molecule has 0 radical (unpaired) electrons. The normalized spacial score (nSPS) is 13.7. The van der Waals surface area contributed by atoms with Gasteiger partial charge in [0.2, 0.25) is 5.91 Å². The van der Waals surface area contributed by atoms with Gasteiger partial charge in [-0.05, 0) is 37.3 Å². The Morgan fingerprint density at radius 1 is 1.00 bits per heavy atom. The van der Waals surface area contributed by atoms with E-state index in [0.717, 1.165) is 13.1 Å². The number of anilines is 1. The second-order valence-electron chi connectivity index (χ2n) is 7.95. The monoisotopic (exact) mass is 532 g/mol. The molecule has 1 aromatic heterocycles. The summed E-state index contributed by atoms with van der Waals surface area (Å²) in [5, 5.41) is 12.7. The molecule has 0 saturated carbocycles. The fourth-order valence-corrected chi connectivity index (χ4v) is 5.07. The van der Waals surface area contributed by atoms with Crippen molar-refractivity contribution in [2.75, 3.05) is 36.8 Å². The molecule has 1 aliphatic heterocycles. The third-order valence-corrected chi connectivity index (χ3v) is 7.47. The molecule has 0 spiro atoms. The molecule has 4 rings (SSSR count). The van der Waals surface area contributed by atoms with Crippen molar-refractivity contribution in [3.8, 4) is 0 Å². The van der Waals surface area contributed by atoms with Gasteiger partial charge >= 0.3 is 0 Å². The summed E-state index contributed by atoms with van der Waals surface area (Å²) in [5.41, 5.74) is 1.60. The maximum atomic E-state index is 12.8. The SMILES string of the molecule is CCn1c(CNC(=O)c2ccc(Cl)c(Cl)c2)nnc1SCC(=O)N1CCN(c2ccccc2)CC1. The Balaban J connectivity index is 1.28. The van der Waals surface area contributed by atoms with Gasteiger partial charge in [0.1, 0.15) is 0 Å². The van der Waals surface area contributed by atoms with E-state index in [0.29, 0.717) is 52.0 Å². The zero-order valence-electron chi connectivity index (χ0n) is 19.3. The maximum absolute atomic E-state index is 12.8. The Morgan fingerprint density at radius 2 is 1.74 bits per heavy atom. The van der Waals surface area contributed by atoms with E-state index in [2.05, 4.69) is 32.5 Å². The van der Waals surface area contributed by atoms with Gasteiger partial charge in [-0.15, -0.1) is 10.2 Å². The lowest BCUT2D eigenvalue weighted by Crippen LogP contribution is -2.49. The van der Waals surface area contributed by atoms with Gasteiger partial charge in [-0.1, -0.05) is 53.2 Å². The number of hydrogen-bond donors (Lipinski definition) is 1. The quantitative estimate of drug-likeness (QED) is 0.442. The first-order valence-corrected chi connectivity index (χ1v) is 13.1. The van der Waals surface area contributed by atoms with Crippen LogP contribution >= 0.6 is 35.0 Å². The standard InChI is InChI=1S/C24H26Cl2N6O2S/c1-2-32-21(15-27-23(34)17-8-9-19(25)20(26)14-17)28-29-24(32)35-16-22(33)31-12-10-30(11-13-31)18-6-4-3-5-7-18/h3-9,14H,2,10-13,15-16H2,1H3,(H,27,34). The molecule has 1 fully saturated rings. The third kappa shape index (κ3) is 6.28. The predicted octanol–water partition coefficient (Wildman–Crippen LogP) is 3.98. The summed E-state index contributed by atoms with van der Waals surface area (Å²) >= 11 is 13.3. The Kier molecular flexibility index (Phi) is 8.54. The largest absolute Gasteiger partial charge is 0.368 e. The second kappa shape index (κ2) is 11.8. The number of carbonyl (C=O) groups excluding carboxylic acids is 2. The Labute approximate surface area is 218 Å². The van der Waals surface area contributed by atoms with E-state index in [1.165, 1.54) is 23.5 Å². The van der Waals surface area contributed by atoms with Crippen LogP contribution in [0.2, 0.25) is 10.0 Å². The molecule has 184 valence electrons. The smallest absolute Gasteiger partial charge is 0.251 e. The minimum atomic E-state index is -0.284. The summed E-state index contributed by atoms with van der Waals surface area (Å²) in [6, 6.07) is 15.0. The Bertz CT molecular complexity index is 1180. The van der Waals surface area contributed by atoms with Crippen LogP contribution in [0.3, 0.4) is 0 Å². The molecular formula is C24H26Cl2N6O2S. The number of aromatic nitrogens is 3. The number of hydrogen-bond acceptors (Lipinski definition) is 6. The number of nitrogens with one attached hydrogen (secondary N) is 1. The van der Waals surface area contributed by atoms with E-state index in [1.807, 2.05) is 34.6 Å². The molecule has 11 heteroatoms. The summed E-state index contributed by atoms with van der Waals surface area (Å²) in [6.07, 6.45) is 0. The van der Waals surface area contributed by atoms with Gasteiger partial charge in [0.05, 0.1) is 22.3 Å². The van der Waals surface area contributed by atoms with Crippen LogP contribution in [0.25, 0.3) is 0 Å². The van der Waals surface area contributed by atoms with Gasteiger partial charge in [0.25, 0.3) is 5.91 Å². The molecule has 0 aliphatic carbocycles. The highest BCUT2D eigenvalue weighted by Crippen LogP contribution is 2.23. The highest BCUT2D eigenvalue weighted by Gasteiger charge is 2.22. The number of rotatable bonds is 8. The van der Waals surface area contributed by atoms with E-state index >= 15 is 0 Å². The van der Waals surface area contributed by atoms with Crippen molar-refractivity contribution >= 4 is 52.5 Å². The Morgan fingerprint density at radius 3 is 2.43 bits per heavy atom. The lowest BCUT2D eigenvalue weighted by Gasteiger charge is -2.36. The summed E-state index contributed by atoms with van der Waals surface area (Å²) < 4.78 is 1.90. The van der Waals surface area contributed by atoms with Crippen molar-refractivity contribution in [1.82, 2.24) is 25.0 Å². The Hall–Kier alpha value is -2.75. The lowest BCUT2D eigenvalue weighted by molar-refractivity contribution is -0.128. The topological polar surface area (TPSA) is 83.4 Å². The van der Waals surface area contributed by atoms with Crippen LogP contribution in [0, 0.1) is 0 Å². The van der Waals surface area contributed by atoms with Crippen molar-refractivity contribution in [3.05, 3.63) is 70.0 Å². The molecular weight excluding hydrogens is 507 g/mol. The average Bonchev–Trinajstić information content (AvgIpc) is 3.29. The molecule has 0 unspecified atom stereocenters. The minimum absolute atomic E-state index is 0.0860. The molecule has 0 atom stereocenters. The summed E-state index contributed by atoms with van der Waals surface area (Å²) in [6.45, 7) is 5.82. The molecule has 2 amide bonds. The van der Waals surface area contributed by atoms with E-state index in [9.17, 15) is 9.59 Å². The van der Waals surface area contributed by atoms with Crippen LogP contribution < -0.4 is 10.2 Å². The van der Waals surface area contributed by atoms with E-state index < -0.39 is 0 Å². The van der Waals surface area contributed by atoms with Crippen LogP contribution in [0.1, 0.15) is 23.1 Å². The molecule has 35 heavy (non-hydrogen) atoms. The van der Waals surface area contributed by atoms with Crippen molar-refractivity contribution in [3.63, 3.8) is 0 Å².